The van der Waals surface area contributed by atoms with E-state index in [1.807, 2.05) is 0 Å². The van der Waals surface area contributed by atoms with Crippen molar-refractivity contribution in [3.05, 3.63) is 11.5 Å². The molecule has 3 rings (SSSR count). The third-order valence-corrected chi connectivity index (χ3v) is 6.12. The summed E-state index contributed by atoms with van der Waals surface area (Å²) in [5.74, 6) is 0.978. The van der Waals surface area contributed by atoms with Gasteiger partial charge in [-0.15, -0.1) is 0 Å². The zero-order valence-corrected chi connectivity index (χ0v) is 16.0. The van der Waals surface area contributed by atoms with Crippen LogP contribution in [0.4, 0.5) is 0 Å². The zero-order valence-electron chi connectivity index (χ0n) is 16.0. The van der Waals surface area contributed by atoms with E-state index in [2.05, 4.69) is 33.8 Å². The Kier molecular flexibility index (Phi) is 5.88. The molecule has 1 saturated heterocycles. The number of methoxy groups -OCH3 is 1. The smallest absolute Gasteiger partial charge is 0.400 e. The monoisotopic (exact) mass is 340 g/mol. The van der Waals surface area contributed by atoms with E-state index in [0.29, 0.717) is 18.4 Å². The second-order valence-corrected chi connectivity index (χ2v) is 8.33. The van der Waals surface area contributed by atoms with Crippen molar-refractivity contribution in [2.45, 2.75) is 70.2 Å². The topological polar surface area (TPSA) is 68.2 Å². The molecule has 0 radical (unpaired) electrons. The molecule has 1 heterocycles. The van der Waals surface area contributed by atoms with Gasteiger partial charge >= 0.3 is 7.12 Å². The Hall–Kier alpha value is -0.395. The van der Waals surface area contributed by atoms with E-state index in [-0.39, 0.29) is 18.3 Å². The summed E-state index contributed by atoms with van der Waals surface area (Å²) in [5.41, 5.74) is 0.149. The lowest BCUT2D eigenvalue weighted by Crippen LogP contribution is -2.41. The Balaban J connectivity index is 0.00000100. The van der Waals surface area contributed by atoms with Crippen LogP contribution in [0.2, 0.25) is 0 Å². The molecule has 0 aromatic carbocycles. The van der Waals surface area contributed by atoms with E-state index in [1.165, 1.54) is 5.47 Å². The molecular weight excluding hydrogens is 307 g/mol. The van der Waals surface area contributed by atoms with E-state index in [1.54, 1.807) is 7.11 Å². The maximum Gasteiger partial charge on any atom is 0.490 e. The van der Waals surface area contributed by atoms with Crippen molar-refractivity contribution in [2.24, 2.45) is 11.8 Å². The van der Waals surface area contributed by atoms with Gasteiger partial charge in [-0.3, -0.25) is 0 Å². The first-order chi connectivity index (χ1) is 11.2. The summed E-state index contributed by atoms with van der Waals surface area (Å²) < 4.78 is 17.4. The standard InChI is InChI=1S/C17H29BO4.CH4O/c1-15(2)16(3,4)22-18(21-15)14-8-12-10-17(19,6-7-20-5)11-13(12)9-14;1-2/h8,12-13,19H,6-7,9-11H2,1-5H3;2H,1H3. The van der Waals surface area contributed by atoms with Gasteiger partial charge in [-0.2, -0.15) is 0 Å². The second kappa shape index (κ2) is 7.08. The molecule has 138 valence electrons. The highest BCUT2D eigenvalue weighted by molar-refractivity contribution is 6.54. The van der Waals surface area contributed by atoms with E-state index >= 15 is 0 Å². The quantitative estimate of drug-likeness (QED) is 0.769. The fraction of sp³-hybridized carbons (Fsp3) is 0.889. The number of aliphatic hydroxyl groups excluding tert-OH is 1. The predicted octanol–water partition coefficient (Wildman–Crippen LogP) is 2.35. The normalized spacial score (nSPS) is 36.2. The molecule has 0 bridgehead atoms. The van der Waals surface area contributed by atoms with Gasteiger partial charge in [-0.05, 0) is 70.7 Å². The third kappa shape index (κ3) is 3.73. The molecule has 3 aliphatic rings. The molecule has 0 amide bonds. The number of ether oxygens (including phenoxy) is 1. The molecule has 5 nitrogen and oxygen atoms in total. The van der Waals surface area contributed by atoms with Crippen molar-refractivity contribution in [3.63, 3.8) is 0 Å². The van der Waals surface area contributed by atoms with Crippen LogP contribution >= 0.6 is 0 Å². The van der Waals surface area contributed by atoms with Crippen LogP contribution in [0, 0.1) is 11.8 Å². The molecule has 0 aromatic rings. The lowest BCUT2D eigenvalue weighted by atomic mass is 9.76. The fourth-order valence-corrected chi connectivity index (χ4v) is 4.06. The maximum atomic E-state index is 10.7. The number of hydrogen-bond acceptors (Lipinski definition) is 5. The molecule has 24 heavy (non-hydrogen) atoms. The molecule has 3 unspecified atom stereocenters. The van der Waals surface area contributed by atoms with Gasteiger partial charge in [0.05, 0.1) is 16.8 Å². The molecule has 1 aliphatic heterocycles. The van der Waals surface area contributed by atoms with Crippen LogP contribution in [-0.2, 0) is 14.0 Å². The molecule has 0 spiro atoms. The van der Waals surface area contributed by atoms with Crippen molar-refractivity contribution >= 4 is 7.12 Å². The van der Waals surface area contributed by atoms with Gasteiger partial charge in [-0.25, -0.2) is 0 Å². The summed E-state index contributed by atoms with van der Waals surface area (Å²) >= 11 is 0. The van der Waals surface area contributed by atoms with Crippen LogP contribution in [0.3, 0.4) is 0 Å². The van der Waals surface area contributed by atoms with Crippen LogP contribution in [0.5, 0.6) is 0 Å². The maximum absolute atomic E-state index is 10.7. The molecule has 1 saturated carbocycles. The summed E-state index contributed by atoms with van der Waals surface area (Å²) in [5, 5.41) is 17.7. The van der Waals surface area contributed by atoms with Gasteiger partial charge in [-0.1, -0.05) is 6.08 Å². The predicted molar refractivity (Wildman–Crippen MR) is 94.6 cm³/mol. The highest BCUT2D eigenvalue weighted by atomic mass is 16.7. The number of hydrogen-bond donors (Lipinski definition) is 2. The third-order valence-electron chi connectivity index (χ3n) is 6.12. The number of allylic oxidation sites excluding steroid dienone is 2. The van der Waals surface area contributed by atoms with Crippen LogP contribution in [0.1, 0.15) is 53.4 Å². The Morgan fingerprint density at radius 1 is 1.17 bits per heavy atom. The van der Waals surface area contributed by atoms with Gasteiger partial charge in [0, 0.05) is 20.8 Å². The largest absolute Gasteiger partial charge is 0.490 e. The van der Waals surface area contributed by atoms with Crippen molar-refractivity contribution in [2.75, 3.05) is 20.8 Å². The van der Waals surface area contributed by atoms with Crippen molar-refractivity contribution in [1.29, 1.82) is 0 Å². The first-order valence-electron chi connectivity index (χ1n) is 8.88. The minimum atomic E-state index is -0.552. The van der Waals surface area contributed by atoms with Gasteiger partial charge in [0.1, 0.15) is 0 Å². The van der Waals surface area contributed by atoms with Gasteiger partial charge in [0.15, 0.2) is 0 Å². The van der Waals surface area contributed by atoms with Crippen LogP contribution < -0.4 is 0 Å². The summed E-state index contributed by atoms with van der Waals surface area (Å²) in [6, 6.07) is 0. The molecule has 0 aromatic heterocycles. The molecule has 2 fully saturated rings. The number of fused-ring (bicyclic) bond motifs is 1. The van der Waals surface area contributed by atoms with Gasteiger partial charge in [0.25, 0.3) is 0 Å². The van der Waals surface area contributed by atoms with E-state index in [9.17, 15) is 5.11 Å². The molecule has 2 aliphatic carbocycles. The minimum Gasteiger partial charge on any atom is -0.400 e. The molecule has 2 N–H and O–H groups in total. The average molecular weight is 340 g/mol. The van der Waals surface area contributed by atoms with Crippen molar-refractivity contribution in [3.8, 4) is 0 Å². The van der Waals surface area contributed by atoms with Gasteiger partial charge in [0.2, 0.25) is 0 Å². The van der Waals surface area contributed by atoms with Crippen LogP contribution in [0.25, 0.3) is 0 Å². The number of rotatable bonds is 4. The Morgan fingerprint density at radius 3 is 2.25 bits per heavy atom. The molecular formula is C18H33BO5. The lowest BCUT2D eigenvalue weighted by Gasteiger charge is -2.32. The van der Waals surface area contributed by atoms with E-state index in [4.69, 9.17) is 19.2 Å². The summed E-state index contributed by atoms with van der Waals surface area (Å²) in [7, 11) is 2.47. The van der Waals surface area contributed by atoms with E-state index in [0.717, 1.165) is 32.8 Å². The van der Waals surface area contributed by atoms with E-state index < -0.39 is 5.60 Å². The zero-order chi connectivity index (χ0) is 18.2. The van der Waals surface area contributed by atoms with Gasteiger partial charge < -0.3 is 24.3 Å². The Morgan fingerprint density at radius 2 is 1.75 bits per heavy atom. The first-order valence-corrected chi connectivity index (χ1v) is 8.88. The summed E-state index contributed by atoms with van der Waals surface area (Å²) in [6.45, 7) is 8.99. The lowest BCUT2D eigenvalue weighted by molar-refractivity contribution is 0.00578. The Bertz CT molecular complexity index is 460. The molecule has 6 heteroatoms. The number of aliphatic hydroxyl groups is 2. The first kappa shape index (κ1) is 19.9. The van der Waals surface area contributed by atoms with Crippen LogP contribution in [0.15, 0.2) is 11.5 Å². The Labute approximate surface area is 146 Å². The highest BCUT2D eigenvalue weighted by Gasteiger charge is 2.55. The van der Waals surface area contributed by atoms with Crippen molar-refractivity contribution < 1.29 is 24.3 Å². The summed E-state index contributed by atoms with van der Waals surface area (Å²) in [4.78, 5) is 0. The van der Waals surface area contributed by atoms with Crippen LogP contribution in [-0.4, -0.2) is 55.0 Å². The fourth-order valence-electron chi connectivity index (χ4n) is 4.06. The summed E-state index contributed by atoms with van der Waals surface area (Å²) in [6.07, 6.45) is 5.72. The average Bonchev–Trinajstić information content (AvgIpc) is 3.07. The highest BCUT2D eigenvalue weighted by Crippen LogP contribution is 2.51. The SMILES string of the molecule is CO.COCCC1(O)CC2C=C(B3OC(C)(C)C(C)(C)O3)CC2C1. The van der Waals surface area contributed by atoms with Crippen molar-refractivity contribution in [1.82, 2.24) is 0 Å². The molecule has 3 atom stereocenters. The minimum absolute atomic E-state index is 0.220. The second-order valence-electron chi connectivity index (χ2n) is 8.33.